The van der Waals surface area contributed by atoms with E-state index in [0.29, 0.717) is 5.92 Å². The van der Waals surface area contributed by atoms with Crippen molar-refractivity contribution >= 4 is 6.29 Å². The summed E-state index contributed by atoms with van der Waals surface area (Å²) in [5.74, 6) is 4.96. The van der Waals surface area contributed by atoms with E-state index in [2.05, 4.69) is 6.92 Å². The third kappa shape index (κ3) is 1.17. The van der Waals surface area contributed by atoms with Gasteiger partial charge in [0.15, 0.2) is 0 Å². The number of hydrogen-bond donors (Lipinski definition) is 0. The predicted octanol–water partition coefficient (Wildman–Crippen LogP) is 2.89. The molecule has 0 aromatic carbocycles. The van der Waals surface area contributed by atoms with Crippen LogP contribution in [0.5, 0.6) is 0 Å². The highest BCUT2D eigenvalue weighted by atomic mass is 16.1. The molecule has 78 valence electrons. The molecule has 0 radical (unpaired) electrons. The second-order valence-electron chi connectivity index (χ2n) is 6.00. The van der Waals surface area contributed by atoms with E-state index in [1.807, 2.05) is 0 Å². The van der Waals surface area contributed by atoms with Gasteiger partial charge in [-0.3, -0.25) is 0 Å². The Hall–Kier alpha value is -0.330. The van der Waals surface area contributed by atoms with E-state index >= 15 is 0 Å². The van der Waals surface area contributed by atoms with Gasteiger partial charge in [0.1, 0.15) is 6.29 Å². The molecule has 0 saturated heterocycles. The van der Waals surface area contributed by atoms with E-state index in [4.69, 9.17) is 0 Å². The molecule has 4 rings (SSSR count). The third-order valence-corrected chi connectivity index (χ3v) is 5.12. The maximum atomic E-state index is 10.9. The lowest BCUT2D eigenvalue weighted by Crippen LogP contribution is -2.47. The Morgan fingerprint density at radius 3 is 1.93 bits per heavy atom. The molecule has 0 aromatic heterocycles. The zero-order valence-corrected chi connectivity index (χ0v) is 8.99. The molecule has 1 nitrogen and oxygen atoms in total. The SMILES string of the molecule is CC(C=O)C1C2CC3CC(C2)CC1C3. The van der Waals surface area contributed by atoms with Gasteiger partial charge in [0.2, 0.25) is 0 Å². The highest BCUT2D eigenvalue weighted by Crippen LogP contribution is 2.58. The van der Waals surface area contributed by atoms with Crippen molar-refractivity contribution in [3.8, 4) is 0 Å². The average Bonchev–Trinajstić information content (AvgIpc) is 2.15. The second kappa shape index (κ2) is 3.08. The molecule has 0 aromatic rings. The standard InChI is InChI=1S/C13H20O/c1-8(7-14)13-11-3-9-2-10(5-11)6-12(13)4-9/h7-13H,2-6H2,1H3. The first-order chi connectivity index (χ1) is 6.78. The predicted molar refractivity (Wildman–Crippen MR) is 55.8 cm³/mol. The molecule has 0 aliphatic heterocycles. The van der Waals surface area contributed by atoms with Crippen molar-refractivity contribution in [2.75, 3.05) is 0 Å². The van der Waals surface area contributed by atoms with E-state index in [0.717, 1.165) is 29.6 Å². The van der Waals surface area contributed by atoms with Gasteiger partial charge in [-0.25, -0.2) is 0 Å². The Labute approximate surface area is 86.3 Å². The quantitative estimate of drug-likeness (QED) is 0.615. The molecular formula is C13H20O. The molecule has 4 fully saturated rings. The van der Waals surface area contributed by atoms with Crippen LogP contribution in [0, 0.1) is 35.5 Å². The van der Waals surface area contributed by atoms with Crippen LogP contribution < -0.4 is 0 Å². The Morgan fingerprint density at radius 1 is 1.00 bits per heavy atom. The van der Waals surface area contributed by atoms with Gasteiger partial charge in [-0.2, -0.15) is 0 Å². The Bertz CT molecular complexity index is 218. The minimum atomic E-state index is 0.324. The Balaban J connectivity index is 1.84. The van der Waals surface area contributed by atoms with E-state index in [1.165, 1.54) is 38.4 Å². The van der Waals surface area contributed by atoms with Crippen LogP contribution in [0.25, 0.3) is 0 Å². The molecule has 4 bridgehead atoms. The van der Waals surface area contributed by atoms with Crippen molar-refractivity contribution in [3.63, 3.8) is 0 Å². The summed E-state index contributed by atoms with van der Waals surface area (Å²) >= 11 is 0. The average molecular weight is 192 g/mol. The minimum absolute atomic E-state index is 0.324. The van der Waals surface area contributed by atoms with Crippen molar-refractivity contribution in [2.45, 2.75) is 39.0 Å². The molecule has 1 heteroatoms. The number of carbonyl (C=O) groups excluding carboxylic acids is 1. The van der Waals surface area contributed by atoms with E-state index in [1.54, 1.807) is 0 Å². The summed E-state index contributed by atoms with van der Waals surface area (Å²) in [5, 5.41) is 0. The van der Waals surface area contributed by atoms with Crippen molar-refractivity contribution in [1.29, 1.82) is 0 Å². The molecule has 0 amide bonds. The van der Waals surface area contributed by atoms with Crippen LogP contribution in [0.4, 0.5) is 0 Å². The van der Waals surface area contributed by atoms with Crippen molar-refractivity contribution in [2.24, 2.45) is 35.5 Å². The van der Waals surface area contributed by atoms with E-state index in [-0.39, 0.29) is 0 Å². The van der Waals surface area contributed by atoms with Crippen molar-refractivity contribution in [1.82, 2.24) is 0 Å². The van der Waals surface area contributed by atoms with E-state index in [9.17, 15) is 4.79 Å². The molecule has 1 atom stereocenters. The number of aldehydes is 1. The molecule has 0 spiro atoms. The van der Waals surface area contributed by atoms with Crippen LogP contribution in [0.15, 0.2) is 0 Å². The lowest BCUT2D eigenvalue weighted by molar-refractivity contribution is -0.119. The van der Waals surface area contributed by atoms with Gasteiger partial charge in [-0.15, -0.1) is 0 Å². The number of rotatable bonds is 2. The van der Waals surface area contributed by atoms with Crippen molar-refractivity contribution < 1.29 is 4.79 Å². The first kappa shape index (κ1) is 8.94. The zero-order valence-electron chi connectivity index (χ0n) is 8.99. The highest BCUT2D eigenvalue weighted by molar-refractivity contribution is 5.53. The smallest absolute Gasteiger partial charge is 0.123 e. The summed E-state index contributed by atoms with van der Waals surface area (Å²) in [6.07, 6.45) is 8.47. The van der Waals surface area contributed by atoms with Crippen LogP contribution >= 0.6 is 0 Å². The fraction of sp³-hybridized carbons (Fsp3) is 0.923. The molecule has 4 aliphatic carbocycles. The fourth-order valence-electron chi connectivity index (χ4n) is 4.92. The largest absolute Gasteiger partial charge is 0.303 e. The third-order valence-electron chi connectivity index (χ3n) is 5.12. The molecule has 0 heterocycles. The first-order valence-corrected chi connectivity index (χ1v) is 6.23. The van der Waals surface area contributed by atoms with Crippen LogP contribution in [0.3, 0.4) is 0 Å². The number of carbonyl (C=O) groups is 1. The summed E-state index contributed by atoms with van der Waals surface area (Å²) < 4.78 is 0. The minimum Gasteiger partial charge on any atom is -0.303 e. The van der Waals surface area contributed by atoms with Gasteiger partial charge in [0.05, 0.1) is 0 Å². The zero-order chi connectivity index (χ0) is 9.71. The Kier molecular flexibility index (Phi) is 1.97. The summed E-state index contributed by atoms with van der Waals surface area (Å²) in [4.78, 5) is 10.9. The monoisotopic (exact) mass is 192 g/mol. The highest BCUT2D eigenvalue weighted by Gasteiger charge is 2.49. The lowest BCUT2D eigenvalue weighted by atomic mass is 9.50. The van der Waals surface area contributed by atoms with Gasteiger partial charge in [0, 0.05) is 5.92 Å². The summed E-state index contributed by atoms with van der Waals surface area (Å²) in [6.45, 7) is 2.14. The maximum Gasteiger partial charge on any atom is 0.123 e. The normalized spacial score (nSPS) is 51.9. The van der Waals surface area contributed by atoms with Gasteiger partial charge in [-0.1, -0.05) is 6.92 Å². The summed E-state index contributed by atoms with van der Waals surface area (Å²) in [5.41, 5.74) is 0. The van der Waals surface area contributed by atoms with Gasteiger partial charge in [0.25, 0.3) is 0 Å². The van der Waals surface area contributed by atoms with Crippen LogP contribution in [0.2, 0.25) is 0 Å². The molecule has 0 N–H and O–H groups in total. The van der Waals surface area contributed by atoms with Crippen molar-refractivity contribution in [3.05, 3.63) is 0 Å². The summed E-state index contributed by atoms with van der Waals surface area (Å²) in [7, 11) is 0. The molecule has 14 heavy (non-hydrogen) atoms. The van der Waals surface area contributed by atoms with E-state index < -0.39 is 0 Å². The van der Waals surface area contributed by atoms with Gasteiger partial charge < -0.3 is 4.79 Å². The summed E-state index contributed by atoms with van der Waals surface area (Å²) in [6, 6.07) is 0. The van der Waals surface area contributed by atoms with Gasteiger partial charge >= 0.3 is 0 Å². The second-order valence-corrected chi connectivity index (χ2v) is 6.00. The maximum absolute atomic E-state index is 10.9. The fourth-order valence-corrected chi connectivity index (χ4v) is 4.92. The van der Waals surface area contributed by atoms with Crippen LogP contribution in [-0.4, -0.2) is 6.29 Å². The first-order valence-electron chi connectivity index (χ1n) is 6.23. The molecule has 4 aliphatic rings. The topological polar surface area (TPSA) is 17.1 Å². The Morgan fingerprint density at radius 2 is 1.50 bits per heavy atom. The molecule has 1 unspecified atom stereocenters. The van der Waals surface area contributed by atoms with Crippen LogP contribution in [-0.2, 0) is 4.79 Å². The molecule has 4 saturated carbocycles. The molecular weight excluding hydrogens is 172 g/mol. The van der Waals surface area contributed by atoms with Crippen LogP contribution in [0.1, 0.15) is 39.0 Å². The number of hydrogen-bond acceptors (Lipinski definition) is 1. The van der Waals surface area contributed by atoms with Gasteiger partial charge in [-0.05, 0) is 61.7 Å². The lowest BCUT2D eigenvalue weighted by Gasteiger charge is -2.55.